The summed E-state index contributed by atoms with van der Waals surface area (Å²) in [5, 5.41) is 19.4. The van der Waals surface area contributed by atoms with Gasteiger partial charge in [0.2, 0.25) is 0 Å². The Morgan fingerprint density at radius 2 is 1.83 bits per heavy atom. The van der Waals surface area contributed by atoms with Gasteiger partial charge in [-0.15, -0.1) is 0 Å². The second-order valence-corrected chi connectivity index (χ2v) is 3.97. The van der Waals surface area contributed by atoms with Crippen molar-refractivity contribution in [3.63, 3.8) is 0 Å². The molecule has 0 saturated carbocycles. The van der Waals surface area contributed by atoms with Crippen molar-refractivity contribution in [3.8, 4) is 0 Å². The minimum absolute atomic E-state index is 0.113. The first-order chi connectivity index (χ1) is 8.60. The van der Waals surface area contributed by atoms with E-state index >= 15 is 0 Å². The largest absolute Gasteiger partial charge is 0.385 e. The van der Waals surface area contributed by atoms with E-state index in [0.717, 1.165) is 6.42 Å². The quantitative estimate of drug-likeness (QED) is 0.572. The molecule has 0 aliphatic carbocycles. The number of aliphatic hydroxyl groups is 2. The van der Waals surface area contributed by atoms with Crippen LogP contribution >= 0.6 is 0 Å². The fourth-order valence-corrected chi connectivity index (χ4v) is 1.65. The summed E-state index contributed by atoms with van der Waals surface area (Å²) in [4.78, 5) is 11.7. The number of carbonyl (C=O) groups is 1. The summed E-state index contributed by atoms with van der Waals surface area (Å²) in [6.45, 7) is 1.05. The molecule has 0 unspecified atom stereocenters. The van der Waals surface area contributed by atoms with Gasteiger partial charge in [-0.3, -0.25) is 4.79 Å². The second kappa shape index (κ2) is 7.78. The van der Waals surface area contributed by atoms with E-state index in [2.05, 4.69) is 0 Å². The van der Waals surface area contributed by atoms with Gasteiger partial charge in [-0.2, -0.15) is 0 Å². The molecule has 1 rings (SSSR count). The van der Waals surface area contributed by atoms with Crippen molar-refractivity contribution in [2.24, 2.45) is 0 Å². The molecule has 0 bridgehead atoms. The van der Waals surface area contributed by atoms with Crippen molar-refractivity contribution in [2.75, 3.05) is 27.4 Å². The molecule has 0 radical (unpaired) electrons. The normalized spacial score (nSPS) is 20.9. The zero-order chi connectivity index (χ0) is 13.5. The second-order valence-electron chi connectivity index (χ2n) is 3.97. The molecule has 2 atom stereocenters. The van der Waals surface area contributed by atoms with E-state index in [1.165, 1.54) is 14.2 Å². The van der Waals surface area contributed by atoms with E-state index < -0.39 is 30.6 Å². The third kappa shape index (κ3) is 4.27. The van der Waals surface area contributed by atoms with Crippen LogP contribution in [0.5, 0.6) is 0 Å². The summed E-state index contributed by atoms with van der Waals surface area (Å²) >= 11 is 0. The molecule has 1 heterocycles. The van der Waals surface area contributed by atoms with Crippen molar-refractivity contribution < 1.29 is 34.0 Å². The number of hydrogen-bond acceptors (Lipinski definition) is 7. The summed E-state index contributed by atoms with van der Waals surface area (Å²) in [5.74, 6) is -0.575. The summed E-state index contributed by atoms with van der Waals surface area (Å²) in [6, 6.07) is 0. The lowest BCUT2D eigenvalue weighted by molar-refractivity contribution is -0.202. The Kier molecular flexibility index (Phi) is 6.69. The molecule has 0 aromatic carbocycles. The zero-order valence-electron chi connectivity index (χ0n) is 10.6. The molecule has 0 amide bonds. The van der Waals surface area contributed by atoms with E-state index in [4.69, 9.17) is 18.9 Å². The average molecular weight is 264 g/mol. The number of ketones is 1. The van der Waals surface area contributed by atoms with Gasteiger partial charge in [0.15, 0.2) is 18.4 Å². The molecular formula is C11H20O7. The lowest BCUT2D eigenvalue weighted by Crippen LogP contribution is -2.45. The Balaban J connectivity index is 2.44. The molecular weight excluding hydrogens is 244 g/mol. The molecule has 7 nitrogen and oxygen atoms in total. The van der Waals surface area contributed by atoms with Gasteiger partial charge < -0.3 is 29.2 Å². The lowest BCUT2D eigenvalue weighted by Gasteiger charge is -2.26. The van der Waals surface area contributed by atoms with E-state index in [1.807, 2.05) is 0 Å². The first kappa shape index (κ1) is 15.5. The van der Waals surface area contributed by atoms with Crippen LogP contribution in [0.1, 0.15) is 12.8 Å². The molecule has 7 heteroatoms. The topological polar surface area (TPSA) is 94.5 Å². The molecule has 1 saturated heterocycles. The van der Waals surface area contributed by atoms with Gasteiger partial charge in [-0.25, -0.2) is 0 Å². The number of carbonyl (C=O) groups excluding carboxylic acids is 1. The van der Waals surface area contributed by atoms with Crippen LogP contribution in [0.4, 0.5) is 0 Å². The van der Waals surface area contributed by atoms with Crippen molar-refractivity contribution in [1.82, 2.24) is 0 Å². The van der Waals surface area contributed by atoms with Crippen molar-refractivity contribution in [3.05, 3.63) is 0 Å². The Morgan fingerprint density at radius 1 is 1.28 bits per heavy atom. The van der Waals surface area contributed by atoms with Gasteiger partial charge in [-0.1, -0.05) is 0 Å². The van der Waals surface area contributed by atoms with Crippen LogP contribution in [-0.4, -0.2) is 68.2 Å². The van der Waals surface area contributed by atoms with Crippen LogP contribution in [0.2, 0.25) is 0 Å². The fourth-order valence-electron chi connectivity index (χ4n) is 1.65. The third-order valence-electron chi connectivity index (χ3n) is 2.66. The summed E-state index contributed by atoms with van der Waals surface area (Å²) in [5.41, 5.74) is 0. The number of hydrogen-bond donors (Lipinski definition) is 2. The number of rotatable bonds is 7. The predicted molar refractivity (Wildman–Crippen MR) is 59.8 cm³/mol. The Bertz CT molecular complexity index is 248. The standard InChI is InChI=1S/C11H20O7/c1-15-11(16-2)10(14)9(13)7(12)6-8-17-4-3-5-18-8/h8-11,13-14H,3-6H2,1-2H3/t9-,10+/m1/s1. The summed E-state index contributed by atoms with van der Waals surface area (Å²) < 4.78 is 19.9. The average Bonchev–Trinajstić information content (AvgIpc) is 2.40. The maximum atomic E-state index is 11.7. The number of ether oxygens (including phenoxy) is 4. The first-order valence-corrected chi connectivity index (χ1v) is 5.77. The molecule has 0 aromatic heterocycles. The SMILES string of the molecule is COC(OC)[C@@H](O)[C@H](O)C(=O)CC1OCCCO1. The van der Waals surface area contributed by atoms with E-state index in [9.17, 15) is 15.0 Å². The van der Waals surface area contributed by atoms with Gasteiger partial charge >= 0.3 is 0 Å². The van der Waals surface area contributed by atoms with Gasteiger partial charge in [0.25, 0.3) is 0 Å². The minimum Gasteiger partial charge on any atom is -0.385 e. The van der Waals surface area contributed by atoms with Crippen molar-refractivity contribution in [1.29, 1.82) is 0 Å². The molecule has 1 aliphatic rings. The number of aliphatic hydroxyl groups excluding tert-OH is 2. The first-order valence-electron chi connectivity index (χ1n) is 5.77. The minimum atomic E-state index is -1.59. The van der Waals surface area contributed by atoms with Crippen LogP contribution in [-0.2, 0) is 23.7 Å². The number of Topliss-reactive ketones (excluding diaryl/α,β-unsaturated/α-hetero) is 1. The van der Waals surface area contributed by atoms with Crippen LogP contribution in [0.15, 0.2) is 0 Å². The highest BCUT2D eigenvalue weighted by molar-refractivity contribution is 5.83. The number of methoxy groups -OCH3 is 2. The summed E-state index contributed by atoms with van der Waals surface area (Å²) in [6.07, 6.45) is -4.09. The molecule has 0 aromatic rings. The molecule has 0 spiro atoms. The highest BCUT2D eigenvalue weighted by atomic mass is 16.7. The van der Waals surface area contributed by atoms with E-state index in [-0.39, 0.29) is 6.42 Å². The Hall–Kier alpha value is -0.570. The van der Waals surface area contributed by atoms with Gasteiger partial charge in [0, 0.05) is 14.2 Å². The molecule has 2 N–H and O–H groups in total. The van der Waals surface area contributed by atoms with Crippen LogP contribution < -0.4 is 0 Å². The van der Waals surface area contributed by atoms with Crippen molar-refractivity contribution >= 4 is 5.78 Å². The lowest BCUT2D eigenvalue weighted by atomic mass is 10.1. The monoisotopic (exact) mass is 264 g/mol. The molecule has 18 heavy (non-hydrogen) atoms. The maximum absolute atomic E-state index is 11.7. The van der Waals surface area contributed by atoms with E-state index in [1.54, 1.807) is 0 Å². The Morgan fingerprint density at radius 3 is 2.33 bits per heavy atom. The fraction of sp³-hybridized carbons (Fsp3) is 0.909. The summed E-state index contributed by atoms with van der Waals surface area (Å²) in [7, 11) is 2.61. The Labute approximate surface area is 106 Å². The van der Waals surface area contributed by atoms with Crippen molar-refractivity contribution in [2.45, 2.75) is 37.6 Å². The molecule has 1 aliphatic heterocycles. The molecule has 106 valence electrons. The predicted octanol–water partition coefficient (Wildman–Crippen LogP) is -0.951. The third-order valence-corrected chi connectivity index (χ3v) is 2.66. The highest BCUT2D eigenvalue weighted by Crippen LogP contribution is 2.13. The van der Waals surface area contributed by atoms with E-state index in [0.29, 0.717) is 13.2 Å². The highest BCUT2D eigenvalue weighted by Gasteiger charge is 2.33. The maximum Gasteiger partial charge on any atom is 0.185 e. The van der Waals surface area contributed by atoms with Gasteiger partial charge in [-0.05, 0) is 6.42 Å². The van der Waals surface area contributed by atoms with Crippen LogP contribution in [0.3, 0.4) is 0 Å². The van der Waals surface area contributed by atoms with Crippen LogP contribution in [0.25, 0.3) is 0 Å². The smallest absolute Gasteiger partial charge is 0.185 e. The van der Waals surface area contributed by atoms with Gasteiger partial charge in [0.1, 0.15) is 12.2 Å². The van der Waals surface area contributed by atoms with Crippen LogP contribution in [0, 0.1) is 0 Å². The van der Waals surface area contributed by atoms with Gasteiger partial charge in [0.05, 0.1) is 19.6 Å². The molecule has 1 fully saturated rings. The zero-order valence-corrected chi connectivity index (χ0v) is 10.6.